The SMILES string of the molecule is O=C(O)CCCCCC[C@@H]1[C@@H](CCCC(O)C2(Cc3ccc(Cl)cc3)CC2)[C@H](O)C[C@H]1Cl. The van der Waals surface area contributed by atoms with E-state index in [1.165, 1.54) is 5.56 Å². The monoisotopic (exact) mass is 484 g/mol. The van der Waals surface area contributed by atoms with Gasteiger partial charge in [0.2, 0.25) is 0 Å². The van der Waals surface area contributed by atoms with Crippen molar-refractivity contribution < 1.29 is 20.1 Å². The lowest BCUT2D eigenvalue weighted by atomic mass is 9.83. The highest BCUT2D eigenvalue weighted by Crippen LogP contribution is 2.53. The van der Waals surface area contributed by atoms with Crippen LogP contribution in [-0.2, 0) is 11.2 Å². The number of carboxylic acids is 1. The first-order chi connectivity index (χ1) is 15.3. The molecular weight excluding hydrogens is 447 g/mol. The summed E-state index contributed by atoms with van der Waals surface area (Å²) in [5.41, 5.74) is 1.23. The van der Waals surface area contributed by atoms with Crippen molar-refractivity contribution in [1.29, 1.82) is 0 Å². The second-order valence-electron chi connectivity index (χ2n) is 10.1. The third-order valence-electron chi connectivity index (χ3n) is 7.74. The van der Waals surface area contributed by atoms with E-state index in [4.69, 9.17) is 28.3 Å². The van der Waals surface area contributed by atoms with Gasteiger partial charge < -0.3 is 15.3 Å². The van der Waals surface area contributed by atoms with Gasteiger partial charge in [0.05, 0.1) is 12.2 Å². The minimum atomic E-state index is -0.729. The molecule has 2 fully saturated rings. The smallest absolute Gasteiger partial charge is 0.303 e. The Kier molecular flexibility index (Phi) is 9.72. The van der Waals surface area contributed by atoms with Crippen molar-refractivity contribution >= 4 is 29.2 Å². The summed E-state index contributed by atoms with van der Waals surface area (Å²) in [4.78, 5) is 10.6. The maximum atomic E-state index is 10.9. The summed E-state index contributed by atoms with van der Waals surface area (Å²) in [5, 5.41) is 31.0. The predicted octanol–water partition coefficient (Wildman–Crippen LogP) is 6.22. The number of aliphatic carboxylic acids is 1. The van der Waals surface area contributed by atoms with E-state index in [0.717, 1.165) is 75.7 Å². The molecule has 4 nitrogen and oxygen atoms in total. The van der Waals surface area contributed by atoms with Gasteiger partial charge in [0, 0.05) is 22.2 Å². The van der Waals surface area contributed by atoms with Gasteiger partial charge in [-0.25, -0.2) is 0 Å². The Morgan fingerprint density at radius 3 is 2.34 bits per heavy atom. The molecule has 0 aliphatic heterocycles. The van der Waals surface area contributed by atoms with Crippen molar-refractivity contribution in [2.24, 2.45) is 17.3 Å². The van der Waals surface area contributed by atoms with Crippen molar-refractivity contribution in [3.05, 3.63) is 34.9 Å². The zero-order valence-corrected chi connectivity index (χ0v) is 20.4. The van der Waals surface area contributed by atoms with Crippen LogP contribution in [-0.4, -0.2) is 38.9 Å². The molecule has 1 aromatic rings. The molecule has 1 aromatic carbocycles. The van der Waals surface area contributed by atoms with E-state index < -0.39 is 5.97 Å². The van der Waals surface area contributed by atoms with E-state index in [9.17, 15) is 15.0 Å². The van der Waals surface area contributed by atoms with Crippen LogP contribution in [0.3, 0.4) is 0 Å². The van der Waals surface area contributed by atoms with Crippen LogP contribution in [0.4, 0.5) is 0 Å². The maximum Gasteiger partial charge on any atom is 0.303 e. The van der Waals surface area contributed by atoms with Crippen molar-refractivity contribution in [3.63, 3.8) is 0 Å². The Bertz CT molecular complexity index is 719. The third-order valence-corrected chi connectivity index (χ3v) is 8.49. The van der Waals surface area contributed by atoms with Gasteiger partial charge in [0.1, 0.15) is 0 Å². The number of carboxylic acid groups (broad SMARTS) is 1. The zero-order valence-electron chi connectivity index (χ0n) is 18.9. The van der Waals surface area contributed by atoms with E-state index >= 15 is 0 Å². The lowest BCUT2D eigenvalue weighted by molar-refractivity contribution is -0.137. The quantitative estimate of drug-likeness (QED) is 0.216. The normalized spacial score (nSPS) is 27.4. The number of hydrogen-bond donors (Lipinski definition) is 3. The Hall–Kier alpha value is -0.810. The number of benzene rings is 1. The molecule has 0 bridgehead atoms. The molecule has 0 amide bonds. The molecule has 2 saturated carbocycles. The van der Waals surface area contributed by atoms with E-state index in [1.807, 2.05) is 12.1 Å². The van der Waals surface area contributed by atoms with Gasteiger partial charge in [-0.2, -0.15) is 0 Å². The second-order valence-corrected chi connectivity index (χ2v) is 11.1. The van der Waals surface area contributed by atoms with Crippen LogP contribution in [0.5, 0.6) is 0 Å². The first-order valence-electron chi connectivity index (χ1n) is 12.3. The van der Waals surface area contributed by atoms with Crippen molar-refractivity contribution in [1.82, 2.24) is 0 Å². The Morgan fingerprint density at radius 2 is 1.69 bits per heavy atom. The maximum absolute atomic E-state index is 10.9. The minimum Gasteiger partial charge on any atom is -0.481 e. The lowest BCUT2D eigenvalue weighted by Gasteiger charge is -2.26. The summed E-state index contributed by atoms with van der Waals surface area (Å²) in [5.74, 6) is -0.212. The number of unbranched alkanes of at least 4 members (excludes halogenated alkanes) is 3. The van der Waals surface area contributed by atoms with Gasteiger partial charge in [-0.3, -0.25) is 4.79 Å². The molecule has 2 aliphatic rings. The highest BCUT2D eigenvalue weighted by Gasteiger charge is 2.48. The minimum absolute atomic E-state index is 0.00644. The Labute approximate surface area is 202 Å². The molecule has 2 aliphatic carbocycles. The molecule has 5 atom stereocenters. The van der Waals surface area contributed by atoms with E-state index in [2.05, 4.69) is 12.1 Å². The Morgan fingerprint density at radius 1 is 1.03 bits per heavy atom. The van der Waals surface area contributed by atoms with Gasteiger partial charge in [-0.15, -0.1) is 11.6 Å². The molecule has 0 heterocycles. The average Bonchev–Trinajstić information content (AvgIpc) is 3.47. The molecule has 6 heteroatoms. The van der Waals surface area contributed by atoms with Crippen LogP contribution >= 0.6 is 23.2 Å². The molecule has 0 spiro atoms. The first-order valence-corrected chi connectivity index (χ1v) is 13.1. The molecule has 1 unspecified atom stereocenters. The second kappa shape index (κ2) is 12.1. The summed E-state index contributed by atoms with van der Waals surface area (Å²) >= 11 is 12.6. The van der Waals surface area contributed by atoms with E-state index in [-0.39, 0.29) is 35.3 Å². The molecule has 3 N–H and O–H groups in total. The number of carbonyl (C=O) groups is 1. The molecule has 0 saturated heterocycles. The van der Waals surface area contributed by atoms with Crippen LogP contribution < -0.4 is 0 Å². The van der Waals surface area contributed by atoms with Gasteiger partial charge in [0.25, 0.3) is 0 Å². The summed E-state index contributed by atoms with van der Waals surface area (Å²) in [6.07, 6.45) is 10.5. The van der Waals surface area contributed by atoms with Gasteiger partial charge in [0.15, 0.2) is 0 Å². The number of alkyl halides is 1. The molecule has 0 aromatic heterocycles. The first kappa shape index (κ1) is 25.8. The largest absolute Gasteiger partial charge is 0.481 e. The number of rotatable bonds is 14. The molecule has 0 radical (unpaired) electrons. The van der Waals surface area contributed by atoms with E-state index in [1.54, 1.807) is 0 Å². The fourth-order valence-corrected chi connectivity index (χ4v) is 6.22. The van der Waals surface area contributed by atoms with Crippen LogP contribution in [0.1, 0.15) is 82.6 Å². The number of halogens is 2. The van der Waals surface area contributed by atoms with Gasteiger partial charge in [-0.1, -0.05) is 49.4 Å². The standard InChI is InChI=1S/C26H38Cl2O4/c27-19-12-10-18(11-13-19)17-26(14-15-26)24(30)8-5-7-21-20(22(28)16-23(21)29)6-3-1-2-4-9-25(31)32/h10-13,20-24,29-30H,1-9,14-17H2,(H,31,32)/t20-,21-,22-,23-,24?/m1/s1. The molecule has 3 rings (SSSR count). The Balaban J connectivity index is 1.40. The van der Waals surface area contributed by atoms with Crippen molar-refractivity contribution in [3.8, 4) is 0 Å². The third kappa shape index (κ3) is 7.35. The van der Waals surface area contributed by atoms with Crippen LogP contribution in [0.2, 0.25) is 5.02 Å². The fraction of sp³-hybridized carbons (Fsp3) is 0.731. The van der Waals surface area contributed by atoms with Crippen molar-refractivity contribution in [2.75, 3.05) is 0 Å². The van der Waals surface area contributed by atoms with Crippen LogP contribution in [0.25, 0.3) is 0 Å². The predicted molar refractivity (Wildman–Crippen MR) is 129 cm³/mol. The summed E-state index contributed by atoms with van der Waals surface area (Å²) in [6.45, 7) is 0. The topological polar surface area (TPSA) is 77.8 Å². The van der Waals surface area contributed by atoms with Crippen LogP contribution in [0, 0.1) is 17.3 Å². The lowest BCUT2D eigenvalue weighted by Crippen LogP contribution is -2.26. The summed E-state index contributed by atoms with van der Waals surface area (Å²) in [7, 11) is 0. The highest BCUT2D eigenvalue weighted by atomic mass is 35.5. The highest BCUT2D eigenvalue weighted by molar-refractivity contribution is 6.30. The zero-order chi connectivity index (χ0) is 23.1. The van der Waals surface area contributed by atoms with Gasteiger partial charge >= 0.3 is 5.97 Å². The molecule has 180 valence electrons. The fourth-order valence-electron chi connectivity index (χ4n) is 5.60. The molecule has 32 heavy (non-hydrogen) atoms. The summed E-state index contributed by atoms with van der Waals surface area (Å²) in [6, 6.07) is 7.93. The average molecular weight is 485 g/mol. The van der Waals surface area contributed by atoms with Crippen molar-refractivity contribution in [2.45, 2.75) is 101 Å². The van der Waals surface area contributed by atoms with Gasteiger partial charge in [-0.05, 0) is 80.9 Å². The summed E-state index contributed by atoms with van der Waals surface area (Å²) < 4.78 is 0. The number of hydrogen-bond acceptors (Lipinski definition) is 3. The van der Waals surface area contributed by atoms with Crippen LogP contribution in [0.15, 0.2) is 24.3 Å². The van der Waals surface area contributed by atoms with E-state index in [0.29, 0.717) is 12.3 Å². The number of aliphatic hydroxyl groups is 2. The number of aliphatic hydroxyl groups excluding tert-OH is 2. The molecular formula is C26H38Cl2O4.